The molecule has 0 radical (unpaired) electrons. The molecule has 1 N–H and O–H groups in total. The lowest BCUT2D eigenvalue weighted by Gasteiger charge is -2.09. The zero-order valence-corrected chi connectivity index (χ0v) is 11.3. The number of ether oxygens (including phenoxy) is 1. The lowest BCUT2D eigenvalue weighted by molar-refractivity contribution is -0.129. The number of hydroxylamine groups is 1. The molecule has 5 heteroatoms. The van der Waals surface area contributed by atoms with E-state index in [1.165, 1.54) is 0 Å². The fourth-order valence-electron chi connectivity index (χ4n) is 1.81. The average Bonchev–Trinajstić information content (AvgIpc) is 2.54. The van der Waals surface area contributed by atoms with E-state index >= 15 is 0 Å². The van der Waals surface area contributed by atoms with Gasteiger partial charge < -0.3 is 4.74 Å². The number of benzene rings is 2. The Morgan fingerprint density at radius 3 is 2.48 bits per heavy atom. The Morgan fingerprint density at radius 2 is 1.71 bits per heavy atom. The lowest BCUT2D eigenvalue weighted by atomic mass is 10.1. The first kappa shape index (κ1) is 14.7. The van der Waals surface area contributed by atoms with Crippen molar-refractivity contribution in [3.8, 4) is 0 Å². The van der Waals surface area contributed by atoms with Crippen LogP contribution in [0.5, 0.6) is 0 Å². The molecule has 0 saturated carbocycles. The van der Waals surface area contributed by atoms with Gasteiger partial charge in [0.2, 0.25) is 0 Å². The topological polar surface area (TPSA) is 64.6 Å². The number of carbonyl (C=O) groups excluding carboxylic acids is 2. The maximum atomic E-state index is 12.0. The molecule has 0 bridgehead atoms. The Balaban J connectivity index is 1.92. The van der Waals surface area contributed by atoms with Crippen LogP contribution in [0.1, 0.15) is 21.5 Å². The highest BCUT2D eigenvalue weighted by Crippen LogP contribution is 2.10. The Morgan fingerprint density at radius 1 is 1.00 bits per heavy atom. The fourth-order valence-corrected chi connectivity index (χ4v) is 1.81. The predicted molar refractivity (Wildman–Crippen MR) is 76.0 cm³/mol. The molecule has 108 valence electrons. The molecule has 2 aromatic rings. The lowest BCUT2D eigenvalue weighted by Crippen LogP contribution is -2.24. The molecule has 1 amide bonds. The van der Waals surface area contributed by atoms with Gasteiger partial charge in [-0.1, -0.05) is 48.5 Å². The normalized spacial score (nSPS) is 9.90. The van der Waals surface area contributed by atoms with Gasteiger partial charge in [0.05, 0.1) is 6.61 Å². The number of hydrogen-bond donors (Lipinski definition) is 1. The molecule has 0 heterocycles. The van der Waals surface area contributed by atoms with Crippen molar-refractivity contribution in [1.82, 2.24) is 5.48 Å². The summed E-state index contributed by atoms with van der Waals surface area (Å²) in [5.41, 5.74) is 4.36. The molecule has 0 atom stereocenters. The van der Waals surface area contributed by atoms with Gasteiger partial charge in [-0.15, -0.1) is 0 Å². The first-order valence-electron chi connectivity index (χ1n) is 6.40. The van der Waals surface area contributed by atoms with Gasteiger partial charge in [-0.3, -0.25) is 14.4 Å². The van der Waals surface area contributed by atoms with Crippen LogP contribution < -0.4 is 5.48 Å². The maximum absolute atomic E-state index is 12.0. The number of rotatable bonds is 7. The van der Waals surface area contributed by atoms with Crippen molar-refractivity contribution < 1.29 is 19.2 Å². The third kappa shape index (κ3) is 4.43. The van der Waals surface area contributed by atoms with Crippen molar-refractivity contribution in [2.75, 3.05) is 0 Å². The molecule has 0 aliphatic heterocycles. The molecular weight excluding hydrogens is 270 g/mol. The van der Waals surface area contributed by atoms with Crippen LogP contribution in [-0.4, -0.2) is 12.4 Å². The molecule has 5 nitrogen and oxygen atoms in total. The van der Waals surface area contributed by atoms with E-state index < -0.39 is 0 Å². The van der Waals surface area contributed by atoms with Crippen LogP contribution in [0, 0.1) is 0 Å². The molecule has 0 aliphatic carbocycles. The van der Waals surface area contributed by atoms with Gasteiger partial charge in [-0.25, -0.2) is 5.48 Å². The van der Waals surface area contributed by atoms with E-state index in [1.807, 2.05) is 30.3 Å². The number of carbonyl (C=O) groups is 2. The van der Waals surface area contributed by atoms with Gasteiger partial charge in [0, 0.05) is 11.1 Å². The summed E-state index contributed by atoms with van der Waals surface area (Å²) in [6, 6.07) is 16.4. The quantitative estimate of drug-likeness (QED) is 0.626. The van der Waals surface area contributed by atoms with E-state index in [9.17, 15) is 9.59 Å². The van der Waals surface area contributed by atoms with Gasteiger partial charge in [-0.2, -0.15) is 0 Å². The summed E-state index contributed by atoms with van der Waals surface area (Å²) in [4.78, 5) is 27.5. The molecular formula is C16H15NO4. The Kier molecular flexibility index (Phi) is 5.49. The number of nitrogens with one attached hydrogen (secondary N) is 1. The molecule has 0 saturated heterocycles. The zero-order valence-electron chi connectivity index (χ0n) is 11.3. The van der Waals surface area contributed by atoms with Crippen LogP contribution in [0.15, 0.2) is 54.6 Å². The first-order chi connectivity index (χ1) is 10.3. The van der Waals surface area contributed by atoms with Crippen molar-refractivity contribution in [1.29, 1.82) is 0 Å². The van der Waals surface area contributed by atoms with E-state index in [0.29, 0.717) is 17.6 Å². The largest absolute Gasteiger partial charge is 0.463 e. The average molecular weight is 285 g/mol. The summed E-state index contributed by atoms with van der Waals surface area (Å²) in [5, 5.41) is 0. The third-order valence-electron chi connectivity index (χ3n) is 2.82. The minimum Gasteiger partial charge on any atom is -0.463 e. The second kappa shape index (κ2) is 7.81. The summed E-state index contributed by atoms with van der Waals surface area (Å²) < 4.78 is 4.68. The second-order valence-corrected chi connectivity index (χ2v) is 4.27. The van der Waals surface area contributed by atoms with Crippen LogP contribution in [0.25, 0.3) is 0 Å². The van der Waals surface area contributed by atoms with Crippen LogP contribution in [0.3, 0.4) is 0 Å². The monoisotopic (exact) mass is 285 g/mol. The molecule has 0 unspecified atom stereocenters. The summed E-state index contributed by atoms with van der Waals surface area (Å²) in [6.07, 6.45) is 0. The van der Waals surface area contributed by atoms with Crippen LogP contribution in [0.4, 0.5) is 0 Å². The highest BCUT2D eigenvalue weighted by atomic mass is 16.6. The molecule has 21 heavy (non-hydrogen) atoms. The van der Waals surface area contributed by atoms with Crippen molar-refractivity contribution in [3.63, 3.8) is 0 Å². The minimum absolute atomic E-state index is 0.0474. The van der Waals surface area contributed by atoms with Gasteiger partial charge in [0.1, 0.15) is 6.61 Å². The minimum atomic E-state index is -0.379. The van der Waals surface area contributed by atoms with Crippen molar-refractivity contribution in [2.24, 2.45) is 0 Å². The SMILES string of the molecule is O=COCc1ccccc1C(=O)NOCc1ccccc1. The maximum Gasteiger partial charge on any atom is 0.293 e. The van der Waals surface area contributed by atoms with E-state index in [1.54, 1.807) is 24.3 Å². The van der Waals surface area contributed by atoms with Crippen LogP contribution in [-0.2, 0) is 27.6 Å². The van der Waals surface area contributed by atoms with Crippen molar-refractivity contribution >= 4 is 12.4 Å². The van der Waals surface area contributed by atoms with Gasteiger partial charge in [0.15, 0.2) is 0 Å². The standard InChI is InChI=1S/C16H15NO4/c18-12-20-11-14-8-4-5-9-15(14)16(19)17-21-10-13-6-2-1-3-7-13/h1-9,12H,10-11H2,(H,17,19). The highest BCUT2D eigenvalue weighted by Gasteiger charge is 2.11. The van der Waals surface area contributed by atoms with Crippen molar-refractivity contribution in [3.05, 3.63) is 71.3 Å². The molecule has 0 aliphatic rings. The van der Waals surface area contributed by atoms with Gasteiger partial charge in [0.25, 0.3) is 12.4 Å². The summed E-state index contributed by atoms with van der Waals surface area (Å²) in [6.45, 7) is 0.673. The van der Waals surface area contributed by atoms with E-state index in [-0.39, 0.29) is 19.1 Å². The molecule has 2 aromatic carbocycles. The smallest absolute Gasteiger partial charge is 0.293 e. The molecule has 0 spiro atoms. The van der Waals surface area contributed by atoms with Gasteiger partial charge in [-0.05, 0) is 11.6 Å². The second-order valence-electron chi connectivity index (χ2n) is 4.27. The van der Waals surface area contributed by atoms with Crippen molar-refractivity contribution in [2.45, 2.75) is 13.2 Å². The Bertz CT molecular complexity index is 598. The van der Waals surface area contributed by atoms with Gasteiger partial charge >= 0.3 is 0 Å². The third-order valence-corrected chi connectivity index (χ3v) is 2.82. The Labute approximate surface area is 122 Å². The highest BCUT2D eigenvalue weighted by molar-refractivity contribution is 5.94. The summed E-state index contributed by atoms with van der Waals surface area (Å²) in [5.74, 6) is -0.379. The summed E-state index contributed by atoms with van der Waals surface area (Å²) in [7, 11) is 0. The summed E-state index contributed by atoms with van der Waals surface area (Å²) >= 11 is 0. The van der Waals surface area contributed by atoms with Crippen LogP contribution in [0.2, 0.25) is 0 Å². The Hall–Kier alpha value is -2.66. The zero-order chi connectivity index (χ0) is 14.9. The molecule has 0 aromatic heterocycles. The number of amides is 1. The van der Waals surface area contributed by atoms with E-state index in [0.717, 1.165) is 5.56 Å². The van der Waals surface area contributed by atoms with Crippen LogP contribution >= 0.6 is 0 Å². The predicted octanol–water partition coefficient (Wildman–Crippen LogP) is 2.22. The van der Waals surface area contributed by atoms with E-state index in [2.05, 4.69) is 10.2 Å². The molecule has 2 rings (SSSR count). The first-order valence-corrected chi connectivity index (χ1v) is 6.40. The fraction of sp³-hybridized carbons (Fsp3) is 0.125. The molecule has 0 fully saturated rings. The number of hydrogen-bond acceptors (Lipinski definition) is 4. The van der Waals surface area contributed by atoms with E-state index in [4.69, 9.17) is 4.84 Å².